The molecule has 3 nitrogen and oxygen atoms in total. The van der Waals surface area contributed by atoms with Gasteiger partial charge in [0, 0.05) is 11.6 Å². The minimum atomic E-state index is -4.53. The van der Waals surface area contributed by atoms with Crippen molar-refractivity contribution in [3.05, 3.63) is 51.3 Å². The van der Waals surface area contributed by atoms with Crippen LogP contribution in [0.2, 0.25) is 5.02 Å². The van der Waals surface area contributed by atoms with Crippen LogP contribution < -0.4 is 5.56 Å². The van der Waals surface area contributed by atoms with E-state index in [1.165, 1.54) is 24.3 Å². The van der Waals surface area contributed by atoms with E-state index in [9.17, 15) is 18.0 Å². The van der Waals surface area contributed by atoms with Gasteiger partial charge in [-0.15, -0.1) is 0 Å². The zero-order valence-electron chi connectivity index (χ0n) is 8.75. The molecule has 0 bridgehead atoms. The third kappa shape index (κ3) is 2.38. The zero-order chi connectivity index (χ0) is 13.3. The van der Waals surface area contributed by atoms with Gasteiger partial charge in [-0.05, 0) is 12.1 Å². The molecule has 1 aromatic carbocycles. The van der Waals surface area contributed by atoms with E-state index >= 15 is 0 Å². The summed E-state index contributed by atoms with van der Waals surface area (Å²) in [7, 11) is 0. The molecule has 0 amide bonds. The predicted octanol–water partition coefficient (Wildman–Crippen LogP) is 3.11. The second kappa shape index (κ2) is 4.45. The monoisotopic (exact) mass is 274 g/mol. The molecule has 0 saturated heterocycles. The van der Waals surface area contributed by atoms with Gasteiger partial charge in [0.05, 0.1) is 16.3 Å². The Kier molecular flexibility index (Phi) is 3.13. The van der Waals surface area contributed by atoms with Crippen molar-refractivity contribution in [3.63, 3.8) is 0 Å². The van der Waals surface area contributed by atoms with Crippen LogP contribution in [0.5, 0.6) is 0 Å². The molecular weight excluding hydrogens is 269 g/mol. The van der Waals surface area contributed by atoms with Crippen molar-refractivity contribution in [2.24, 2.45) is 0 Å². The highest BCUT2D eigenvalue weighted by atomic mass is 35.5. The maximum atomic E-state index is 12.6. The number of hydrogen-bond donors (Lipinski definition) is 1. The van der Waals surface area contributed by atoms with Crippen LogP contribution in [0.3, 0.4) is 0 Å². The molecule has 2 rings (SSSR count). The summed E-state index contributed by atoms with van der Waals surface area (Å²) >= 11 is 5.72. The van der Waals surface area contributed by atoms with Crippen molar-refractivity contribution in [1.82, 2.24) is 10.2 Å². The molecule has 0 aliphatic carbocycles. The third-order valence-corrected chi connectivity index (χ3v) is 2.67. The second-order valence-electron chi connectivity index (χ2n) is 3.47. The van der Waals surface area contributed by atoms with Crippen molar-refractivity contribution < 1.29 is 13.2 Å². The Morgan fingerprint density at radius 1 is 1.17 bits per heavy atom. The van der Waals surface area contributed by atoms with Crippen LogP contribution in [0.4, 0.5) is 13.2 Å². The number of hydrogen-bond acceptors (Lipinski definition) is 2. The van der Waals surface area contributed by atoms with E-state index in [0.717, 1.165) is 6.07 Å². The van der Waals surface area contributed by atoms with Gasteiger partial charge < -0.3 is 0 Å². The largest absolute Gasteiger partial charge is 0.417 e. The molecule has 0 atom stereocenters. The summed E-state index contributed by atoms with van der Waals surface area (Å²) in [6.45, 7) is 0. The highest BCUT2D eigenvalue weighted by molar-refractivity contribution is 6.34. The van der Waals surface area contributed by atoms with Gasteiger partial charge in [-0.3, -0.25) is 4.79 Å². The Hall–Kier alpha value is -1.82. The van der Waals surface area contributed by atoms with E-state index in [1.54, 1.807) is 0 Å². The third-order valence-electron chi connectivity index (χ3n) is 2.26. The summed E-state index contributed by atoms with van der Waals surface area (Å²) in [5.74, 6) is 0. The molecule has 18 heavy (non-hydrogen) atoms. The van der Waals surface area contributed by atoms with Crippen molar-refractivity contribution >= 4 is 11.6 Å². The van der Waals surface area contributed by atoms with Crippen LogP contribution in [0.1, 0.15) is 5.56 Å². The lowest BCUT2D eigenvalue weighted by Crippen LogP contribution is -2.08. The highest BCUT2D eigenvalue weighted by Gasteiger charge is 2.34. The van der Waals surface area contributed by atoms with Gasteiger partial charge in [-0.2, -0.15) is 18.3 Å². The normalized spacial score (nSPS) is 11.6. The second-order valence-corrected chi connectivity index (χ2v) is 3.85. The molecule has 0 aliphatic rings. The molecule has 0 saturated carbocycles. The van der Waals surface area contributed by atoms with E-state index in [0.29, 0.717) is 0 Å². The number of nitrogens with zero attached hydrogens (tertiary/aromatic N) is 1. The lowest BCUT2D eigenvalue weighted by Gasteiger charge is -2.11. The Labute approximate surface area is 104 Å². The van der Waals surface area contributed by atoms with Crippen LogP contribution in [0.15, 0.2) is 35.1 Å². The SMILES string of the molecule is O=c1ccc(-c2cccc(C(F)(F)F)c2Cl)n[nH]1. The van der Waals surface area contributed by atoms with Crippen LogP contribution in [-0.4, -0.2) is 10.2 Å². The average Bonchev–Trinajstić information content (AvgIpc) is 2.29. The van der Waals surface area contributed by atoms with Crippen LogP contribution >= 0.6 is 11.6 Å². The van der Waals surface area contributed by atoms with Crippen molar-refractivity contribution in [2.75, 3.05) is 0 Å². The quantitative estimate of drug-likeness (QED) is 0.868. The van der Waals surface area contributed by atoms with E-state index in [1.807, 2.05) is 0 Å². The van der Waals surface area contributed by atoms with Crippen LogP contribution in [0, 0.1) is 0 Å². The fourth-order valence-electron chi connectivity index (χ4n) is 1.44. The van der Waals surface area contributed by atoms with Crippen molar-refractivity contribution in [3.8, 4) is 11.3 Å². The molecule has 1 aromatic heterocycles. The number of halogens is 4. The summed E-state index contributed by atoms with van der Waals surface area (Å²) in [6.07, 6.45) is -4.53. The molecule has 94 valence electrons. The minimum Gasteiger partial charge on any atom is -0.268 e. The minimum absolute atomic E-state index is 0.114. The number of rotatable bonds is 1. The summed E-state index contributed by atoms with van der Waals surface area (Å²) in [5.41, 5.74) is -1.09. The predicted molar refractivity (Wildman–Crippen MR) is 60.3 cm³/mol. The van der Waals surface area contributed by atoms with Crippen LogP contribution in [-0.2, 0) is 6.18 Å². The topological polar surface area (TPSA) is 45.8 Å². The van der Waals surface area contributed by atoms with Gasteiger partial charge in [0.25, 0.3) is 5.56 Å². The molecule has 0 unspecified atom stereocenters. The summed E-state index contributed by atoms with van der Waals surface area (Å²) in [4.78, 5) is 10.8. The summed E-state index contributed by atoms with van der Waals surface area (Å²) in [5, 5.41) is 5.34. The molecule has 0 fully saturated rings. The van der Waals surface area contributed by atoms with Gasteiger partial charge in [0.15, 0.2) is 0 Å². The Balaban J connectivity index is 2.59. The molecular formula is C11H6ClF3N2O. The number of alkyl halides is 3. The lowest BCUT2D eigenvalue weighted by molar-refractivity contribution is -0.137. The summed E-state index contributed by atoms with van der Waals surface area (Å²) in [6, 6.07) is 5.99. The van der Waals surface area contributed by atoms with E-state index in [-0.39, 0.29) is 11.3 Å². The molecule has 1 N–H and O–H groups in total. The lowest BCUT2D eigenvalue weighted by atomic mass is 10.1. The Morgan fingerprint density at radius 3 is 2.44 bits per heavy atom. The smallest absolute Gasteiger partial charge is 0.268 e. The van der Waals surface area contributed by atoms with Gasteiger partial charge in [0.1, 0.15) is 0 Å². The molecule has 0 radical (unpaired) electrons. The number of aromatic amines is 1. The highest BCUT2D eigenvalue weighted by Crippen LogP contribution is 2.38. The first kappa shape index (κ1) is 12.6. The fraction of sp³-hybridized carbons (Fsp3) is 0.0909. The Bertz CT molecular complexity index is 616. The maximum Gasteiger partial charge on any atom is 0.417 e. The van der Waals surface area contributed by atoms with Gasteiger partial charge in [-0.25, -0.2) is 5.10 Å². The van der Waals surface area contributed by atoms with E-state index < -0.39 is 22.3 Å². The first-order valence-electron chi connectivity index (χ1n) is 4.81. The average molecular weight is 275 g/mol. The Morgan fingerprint density at radius 2 is 1.89 bits per heavy atom. The summed E-state index contributed by atoms with van der Waals surface area (Å²) < 4.78 is 37.9. The van der Waals surface area contributed by atoms with Crippen molar-refractivity contribution in [1.29, 1.82) is 0 Å². The molecule has 1 heterocycles. The van der Waals surface area contributed by atoms with Gasteiger partial charge in [-0.1, -0.05) is 23.7 Å². The molecule has 0 aliphatic heterocycles. The van der Waals surface area contributed by atoms with Gasteiger partial charge in [0.2, 0.25) is 0 Å². The number of H-pyrrole nitrogens is 1. The number of benzene rings is 1. The first-order valence-corrected chi connectivity index (χ1v) is 5.19. The maximum absolute atomic E-state index is 12.6. The van der Waals surface area contributed by atoms with Gasteiger partial charge >= 0.3 is 6.18 Å². The van der Waals surface area contributed by atoms with E-state index in [2.05, 4.69) is 10.2 Å². The molecule has 2 aromatic rings. The zero-order valence-corrected chi connectivity index (χ0v) is 9.51. The molecule has 0 spiro atoms. The van der Waals surface area contributed by atoms with E-state index in [4.69, 9.17) is 11.6 Å². The number of aromatic nitrogens is 2. The van der Waals surface area contributed by atoms with Crippen molar-refractivity contribution in [2.45, 2.75) is 6.18 Å². The molecule has 7 heteroatoms. The standard InChI is InChI=1S/C11H6ClF3N2O/c12-10-6(8-4-5-9(18)17-16-8)2-1-3-7(10)11(13,14)15/h1-5H,(H,17,18). The van der Waals surface area contributed by atoms with Crippen LogP contribution in [0.25, 0.3) is 11.3 Å². The fourth-order valence-corrected chi connectivity index (χ4v) is 1.77. The number of nitrogens with one attached hydrogen (secondary N) is 1. The first-order chi connectivity index (χ1) is 8.39.